The maximum atomic E-state index is 12.4. The van der Waals surface area contributed by atoms with Crippen molar-refractivity contribution in [2.45, 2.75) is 20.3 Å². The van der Waals surface area contributed by atoms with E-state index in [1.807, 2.05) is 19.1 Å². The van der Waals surface area contributed by atoms with E-state index in [1.54, 1.807) is 48.4 Å². The maximum Gasteiger partial charge on any atom is 0.238 e. The van der Waals surface area contributed by atoms with Crippen LogP contribution in [0.25, 0.3) is 0 Å². The van der Waals surface area contributed by atoms with Crippen LogP contribution < -0.4 is 15.4 Å². The first-order valence-corrected chi connectivity index (χ1v) is 9.49. The molecule has 0 saturated heterocycles. The van der Waals surface area contributed by atoms with Crippen LogP contribution in [0.5, 0.6) is 5.75 Å². The summed E-state index contributed by atoms with van der Waals surface area (Å²) in [5, 5.41) is 5.60. The molecule has 2 aromatic rings. The standard InChI is InChI=1S/C22H27N3O4/c1-4-12-25(15-22(28)24-19-10-5-6-11-20(19)29-3)14-21(27)23-18-9-7-8-17(13-18)16(2)26/h5-11,13H,4,12,14-15H2,1-3H3,(H,23,27)(H,24,28). The van der Waals surface area contributed by atoms with Gasteiger partial charge in [-0.25, -0.2) is 0 Å². The van der Waals surface area contributed by atoms with Gasteiger partial charge in [-0.1, -0.05) is 31.2 Å². The number of hydrogen-bond acceptors (Lipinski definition) is 5. The average molecular weight is 397 g/mol. The van der Waals surface area contributed by atoms with Gasteiger partial charge in [0.1, 0.15) is 5.75 Å². The number of hydrogen-bond donors (Lipinski definition) is 2. The number of nitrogens with zero attached hydrogens (tertiary/aromatic N) is 1. The Morgan fingerprint density at radius 3 is 2.31 bits per heavy atom. The smallest absolute Gasteiger partial charge is 0.238 e. The molecule has 0 aromatic heterocycles. The first-order chi connectivity index (χ1) is 13.9. The molecular weight excluding hydrogens is 370 g/mol. The molecule has 7 heteroatoms. The lowest BCUT2D eigenvalue weighted by atomic mass is 10.1. The predicted molar refractivity (Wildman–Crippen MR) is 113 cm³/mol. The topological polar surface area (TPSA) is 87.7 Å². The molecule has 0 spiro atoms. The van der Waals surface area contributed by atoms with Gasteiger partial charge in [-0.05, 0) is 44.2 Å². The molecule has 29 heavy (non-hydrogen) atoms. The van der Waals surface area contributed by atoms with E-state index in [0.29, 0.717) is 29.2 Å². The Hall–Kier alpha value is -3.19. The molecule has 0 unspecified atom stereocenters. The van der Waals surface area contributed by atoms with Gasteiger partial charge in [-0.2, -0.15) is 0 Å². The molecule has 0 radical (unpaired) electrons. The molecule has 2 N–H and O–H groups in total. The molecule has 0 fully saturated rings. The number of methoxy groups -OCH3 is 1. The molecule has 0 aliphatic carbocycles. The molecule has 154 valence electrons. The van der Waals surface area contributed by atoms with Crippen molar-refractivity contribution in [1.82, 2.24) is 4.90 Å². The summed E-state index contributed by atoms with van der Waals surface area (Å²) in [6.07, 6.45) is 0.801. The van der Waals surface area contributed by atoms with E-state index in [4.69, 9.17) is 4.74 Å². The normalized spacial score (nSPS) is 10.5. The van der Waals surface area contributed by atoms with Crippen molar-refractivity contribution in [3.63, 3.8) is 0 Å². The Kier molecular flexibility index (Phi) is 8.36. The lowest BCUT2D eigenvalue weighted by Gasteiger charge is -2.21. The van der Waals surface area contributed by atoms with Gasteiger partial charge in [-0.3, -0.25) is 19.3 Å². The van der Waals surface area contributed by atoms with E-state index in [0.717, 1.165) is 6.42 Å². The number of para-hydroxylation sites is 2. The summed E-state index contributed by atoms with van der Waals surface area (Å²) >= 11 is 0. The van der Waals surface area contributed by atoms with Crippen LogP contribution in [0.3, 0.4) is 0 Å². The molecule has 0 aliphatic heterocycles. The molecule has 0 atom stereocenters. The van der Waals surface area contributed by atoms with Crippen LogP contribution in [0.4, 0.5) is 11.4 Å². The molecule has 7 nitrogen and oxygen atoms in total. The van der Waals surface area contributed by atoms with E-state index in [1.165, 1.54) is 6.92 Å². The number of rotatable bonds is 10. The third-order valence-electron chi connectivity index (χ3n) is 4.21. The summed E-state index contributed by atoms with van der Waals surface area (Å²) in [6.45, 7) is 4.20. The minimum atomic E-state index is -0.246. The average Bonchev–Trinajstić information content (AvgIpc) is 2.68. The van der Waals surface area contributed by atoms with Crippen LogP contribution in [0.1, 0.15) is 30.6 Å². The third kappa shape index (κ3) is 7.04. The molecule has 0 bridgehead atoms. The van der Waals surface area contributed by atoms with Crippen LogP contribution in [0.15, 0.2) is 48.5 Å². The lowest BCUT2D eigenvalue weighted by molar-refractivity contribution is -0.120. The maximum absolute atomic E-state index is 12.4. The first-order valence-electron chi connectivity index (χ1n) is 9.49. The Morgan fingerprint density at radius 2 is 1.66 bits per heavy atom. The molecule has 0 aliphatic rings. The Bertz CT molecular complexity index is 867. The molecule has 0 saturated carbocycles. The van der Waals surface area contributed by atoms with Gasteiger partial charge in [0.2, 0.25) is 11.8 Å². The zero-order chi connectivity index (χ0) is 21.2. The fraction of sp³-hybridized carbons (Fsp3) is 0.318. The summed E-state index contributed by atoms with van der Waals surface area (Å²) in [7, 11) is 1.54. The van der Waals surface area contributed by atoms with E-state index < -0.39 is 0 Å². The van der Waals surface area contributed by atoms with Crippen molar-refractivity contribution in [2.75, 3.05) is 37.4 Å². The number of nitrogens with one attached hydrogen (secondary N) is 2. The van der Waals surface area contributed by atoms with Crippen LogP contribution >= 0.6 is 0 Å². The summed E-state index contributed by atoms with van der Waals surface area (Å²) in [6, 6.07) is 13.9. The van der Waals surface area contributed by atoms with Gasteiger partial charge in [-0.15, -0.1) is 0 Å². The van der Waals surface area contributed by atoms with E-state index >= 15 is 0 Å². The van der Waals surface area contributed by atoms with Crippen LogP contribution in [-0.4, -0.2) is 49.2 Å². The summed E-state index contributed by atoms with van der Waals surface area (Å²) < 4.78 is 5.24. The zero-order valence-electron chi connectivity index (χ0n) is 17.0. The predicted octanol–water partition coefficient (Wildman–Crippen LogP) is 3.19. The van der Waals surface area contributed by atoms with Crippen molar-refractivity contribution in [1.29, 1.82) is 0 Å². The minimum absolute atomic E-state index is 0.0669. The fourth-order valence-corrected chi connectivity index (χ4v) is 2.89. The van der Waals surface area contributed by atoms with Crippen molar-refractivity contribution in [3.05, 3.63) is 54.1 Å². The van der Waals surface area contributed by atoms with Crippen molar-refractivity contribution < 1.29 is 19.1 Å². The Balaban J connectivity index is 1.96. The van der Waals surface area contributed by atoms with Gasteiger partial charge >= 0.3 is 0 Å². The molecule has 2 amide bonds. The number of carbonyl (C=O) groups is 3. The van der Waals surface area contributed by atoms with Crippen LogP contribution in [0, 0.1) is 0 Å². The second-order valence-corrected chi connectivity index (χ2v) is 6.64. The number of carbonyl (C=O) groups excluding carboxylic acids is 3. The highest BCUT2D eigenvalue weighted by Crippen LogP contribution is 2.22. The Morgan fingerprint density at radius 1 is 0.966 bits per heavy atom. The fourth-order valence-electron chi connectivity index (χ4n) is 2.89. The van der Waals surface area contributed by atoms with E-state index in [2.05, 4.69) is 10.6 Å². The molecule has 2 aromatic carbocycles. The molecular formula is C22H27N3O4. The quantitative estimate of drug-likeness (QED) is 0.601. The van der Waals surface area contributed by atoms with Crippen LogP contribution in [-0.2, 0) is 9.59 Å². The largest absolute Gasteiger partial charge is 0.495 e. The third-order valence-corrected chi connectivity index (χ3v) is 4.21. The van der Waals surface area contributed by atoms with Gasteiger partial charge in [0.05, 0.1) is 25.9 Å². The number of Topliss-reactive ketones (excluding diaryl/α,β-unsaturated/α-hetero) is 1. The van der Waals surface area contributed by atoms with Gasteiger partial charge in [0.25, 0.3) is 0 Å². The number of ketones is 1. The van der Waals surface area contributed by atoms with Gasteiger partial charge in [0, 0.05) is 11.3 Å². The highest BCUT2D eigenvalue weighted by molar-refractivity contribution is 5.98. The number of ether oxygens (including phenoxy) is 1. The SMILES string of the molecule is CCCN(CC(=O)Nc1cccc(C(C)=O)c1)CC(=O)Nc1ccccc1OC. The summed E-state index contributed by atoms with van der Waals surface area (Å²) in [5.74, 6) is 0.0336. The van der Waals surface area contributed by atoms with Crippen LogP contribution in [0.2, 0.25) is 0 Å². The molecule has 0 heterocycles. The number of benzene rings is 2. The summed E-state index contributed by atoms with van der Waals surface area (Å²) in [4.78, 5) is 38.1. The van der Waals surface area contributed by atoms with Gasteiger partial charge < -0.3 is 15.4 Å². The Labute approximate surface area is 171 Å². The highest BCUT2D eigenvalue weighted by atomic mass is 16.5. The monoisotopic (exact) mass is 397 g/mol. The zero-order valence-corrected chi connectivity index (χ0v) is 17.0. The lowest BCUT2D eigenvalue weighted by Crippen LogP contribution is -2.39. The van der Waals surface area contributed by atoms with E-state index in [-0.39, 0.29) is 30.7 Å². The summed E-state index contributed by atoms with van der Waals surface area (Å²) in [5.41, 5.74) is 1.67. The van der Waals surface area contributed by atoms with Crippen molar-refractivity contribution in [2.24, 2.45) is 0 Å². The second-order valence-electron chi connectivity index (χ2n) is 6.64. The van der Waals surface area contributed by atoms with E-state index in [9.17, 15) is 14.4 Å². The number of anilines is 2. The minimum Gasteiger partial charge on any atom is -0.495 e. The molecule has 2 rings (SSSR count). The van der Waals surface area contributed by atoms with Crippen molar-refractivity contribution >= 4 is 29.0 Å². The first kappa shape index (κ1) is 22.1. The van der Waals surface area contributed by atoms with Gasteiger partial charge in [0.15, 0.2) is 5.78 Å². The number of amides is 2. The van der Waals surface area contributed by atoms with Crippen molar-refractivity contribution in [3.8, 4) is 5.75 Å². The second kappa shape index (κ2) is 11.0. The highest BCUT2D eigenvalue weighted by Gasteiger charge is 2.15.